The summed E-state index contributed by atoms with van der Waals surface area (Å²) in [6, 6.07) is 2.25. The predicted molar refractivity (Wildman–Crippen MR) is 71.6 cm³/mol. The van der Waals surface area contributed by atoms with Crippen LogP contribution in [0.15, 0.2) is 17.0 Å². The van der Waals surface area contributed by atoms with Crippen molar-refractivity contribution in [1.29, 1.82) is 0 Å². The third-order valence-corrected chi connectivity index (χ3v) is 5.27. The van der Waals surface area contributed by atoms with Gasteiger partial charge in [-0.15, -0.1) is 0 Å². The number of aryl methyl sites for hydroxylation is 1. The predicted octanol–water partition coefficient (Wildman–Crippen LogP) is 0.241. The Bertz CT molecular complexity index is 658. The van der Waals surface area contributed by atoms with Gasteiger partial charge < -0.3 is 10.8 Å². The molecule has 110 valence electrons. The van der Waals surface area contributed by atoms with E-state index in [9.17, 15) is 23.6 Å². The van der Waals surface area contributed by atoms with Gasteiger partial charge in [0, 0.05) is 19.2 Å². The lowest BCUT2D eigenvalue weighted by molar-refractivity contribution is -0.384. The van der Waals surface area contributed by atoms with Gasteiger partial charge in [-0.1, -0.05) is 0 Å². The zero-order valence-electron chi connectivity index (χ0n) is 10.8. The molecule has 0 aliphatic carbocycles. The number of hydrogen-bond acceptors (Lipinski definition) is 6. The molecule has 0 spiro atoms. The molecule has 1 saturated heterocycles. The number of nitro groups is 1. The summed E-state index contributed by atoms with van der Waals surface area (Å²) in [4.78, 5) is 10.0. The van der Waals surface area contributed by atoms with Crippen LogP contribution in [0.2, 0.25) is 0 Å². The Balaban J connectivity index is 2.51. The molecule has 20 heavy (non-hydrogen) atoms. The van der Waals surface area contributed by atoms with Crippen molar-refractivity contribution in [2.75, 3.05) is 18.8 Å². The average molecular weight is 301 g/mol. The zero-order chi connectivity index (χ0) is 15.1. The minimum Gasteiger partial charge on any atom is -0.393 e. The van der Waals surface area contributed by atoms with Gasteiger partial charge in [0.1, 0.15) is 5.69 Å². The van der Waals surface area contributed by atoms with Gasteiger partial charge in [-0.2, -0.15) is 4.31 Å². The average Bonchev–Trinajstić information content (AvgIpc) is 2.75. The fraction of sp³-hybridized carbons (Fsp3) is 0.455. The summed E-state index contributed by atoms with van der Waals surface area (Å²) in [6.07, 6.45) is -0.344. The Hall–Kier alpha value is -1.71. The number of nitro benzene ring substituents is 1. The molecule has 0 bridgehead atoms. The van der Waals surface area contributed by atoms with Crippen molar-refractivity contribution < 1.29 is 18.4 Å². The Morgan fingerprint density at radius 1 is 1.50 bits per heavy atom. The van der Waals surface area contributed by atoms with Gasteiger partial charge >= 0.3 is 0 Å². The fourth-order valence-corrected chi connectivity index (χ4v) is 3.92. The van der Waals surface area contributed by atoms with Crippen molar-refractivity contribution in [1.82, 2.24) is 4.31 Å². The molecule has 0 amide bonds. The number of anilines is 1. The van der Waals surface area contributed by atoms with E-state index in [0.29, 0.717) is 12.0 Å². The highest BCUT2D eigenvalue weighted by Crippen LogP contribution is 2.31. The number of hydrogen-bond donors (Lipinski definition) is 2. The number of β-amino-alcohol motifs (C(OH)–C–C–N with tert-alkyl or cyclic N) is 1. The van der Waals surface area contributed by atoms with Gasteiger partial charge in [-0.05, 0) is 25.0 Å². The molecule has 1 unspecified atom stereocenters. The third-order valence-electron chi connectivity index (χ3n) is 3.26. The van der Waals surface area contributed by atoms with Crippen LogP contribution < -0.4 is 5.73 Å². The Morgan fingerprint density at radius 2 is 2.15 bits per heavy atom. The van der Waals surface area contributed by atoms with Crippen LogP contribution in [0.25, 0.3) is 0 Å². The normalized spacial score (nSPS) is 20.2. The second-order valence-corrected chi connectivity index (χ2v) is 6.65. The van der Waals surface area contributed by atoms with Crippen molar-refractivity contribution in [3.05, 3.63) is 27.8 Å². The number of nitrogen functional groups attached to an aromatic ring is 1. The molecular weight excluding hydrogens is 286 g/mol. The summed E-state index contributed by atoms with van der Waals surface area (Å²) in [5.41, 5.74) is 5.35. The standard InChI is InChI=1S/C11H15N3O5S/c1-7-4-9(12)10(14(16)17)5-11(7)20(18,19)13-3-2-8(15)6-13/h4-5,8,15H,2-3,6,12H2,1H3. The minimum absolute atomic E-state index is 0.0000522. The lowest BCUT2D eigenvalue weighted by atomic mass is 10.2. The van der Waals surface area contributed by atoms with Crippen LogP contribution >= 0.6 is 0 Å². The van der Waals surface area contributed by atoms with Gasteiger partial charge in [-0.3, -0.25) is 10.1 Å². The van der Waals surface area contributed by atoms with Gasteiger partial charge in [-0.25, -0.2) is 8.42 Å². The fourth-order valence-electron chi connectivity index (χ4n) is 2.20. The molecule has 0 radical (unpaired) electrons. The molecule has 0 saturated carbocycles. The Labute approximate surface area is 116 Å². The maximum Gasteiger partial charge on any atom is 0.293 e. The summed E-state index contributed by atoms with van der Waals surface area (Å²) in [5.74, 6) is 0. The molecule has 0 aromatic heterocycles. The maximum atomic E-state index is 12.4. The molecular formula is C11H15N3O5S. The summed E-state index contributed by atoms with van der Waals surface area (Å²) in [7, 11) is -3.86. The zero-order valence-corrected chi connectivity index (χ0v) is 11.6. The largest absolute Gasteiger partial charge is 0.393 e. The quantitative estimate of drug-likeness (QED) is 0.468. The molecule has 1 aromatic carbocycles. The molecule has 3 N–H and O–H groups in total. The van der Waals surface area contributed by atoms with Crippen LogP contribution in [0.4, 0.5) is 11.4 Å². The molecule has 1 aromatic rings. The van der Waals surface area contributed by atoms with E-state index in [2.05, 4.69) is 0 Å². The lowest BCUT2D eigenvalue weighted by Crippen LogP contribution is -2.30. The van der Waals surface area contributed by atoms with E-state index >= 15 is 0 Å². The van der Waals surface area contributed by atoms with E-state index in [1.165, 1.54) is 13.0 Å². The van der Waals surface area contributed by atoms with Gasteiger partial charge in [0.05, 0.1) is 15.9 Å². The maximum absolute atomic E-state index is 12.4. The van der Waals surface area contributed by atoms with Crippen molar-refractivity contribution in [2.45, 2.75) is 24.3 Å². The summed E-state index contributed by atoms with van der Waals surface area (Å²) in [6.45, 7) is 1.72. The highest BCUT2D eigenvalue weighted by atomic mass is 32.2. The molecule has 1 atom stereocenters. The number of aliphatic hydroxyl groups excluding tert-OH is 1. The number of rotatable bonds is 3. The Morgan fingerprint density at radius 3 is 2.65 bits per heavy atom. The molecule has 1 fully saturated rings. The molecule has 8 nitrogen and oxygen atoms in total. The van der Waals surface area contributed by atoms with Crippen LogP contribution in [0, 0.1) is 17.0 Å². The van der Waals surface area contributed by atoms with Crippen LogP contribution in [0.5, 0.6) is 0 Å². The van der Waals surface area contributed by atoms with Crippen molar-refractivity contribution >= 4 is 21.4 Å². The number of sulfonamides is 1. The first kappa shape index (κ1) is 14.7. The van der Waals surface area contributed by atoms with Gasteiger partial charge in [0.2, 0.25) is 10.0 Å². The molecule has 1 aliphatic heterocycles. The van der Waals surface area contributed by atoms with Crippen LogP contribution in [0.1, 0.15) is 12.0 Å². The van der Waals surface area contributed by atoms with E-state index in [1.807, 2.05) is 0 Å². The topological polar surface area (TPSA) is 127 Å². The molecule has 1 aliphatic rings. The SMILES string of the molecule is Cc1cc(N)c([N+](=O)[O-])cc1S(=O)(=O)N1CCC(O)C1. The summed E-state index contributed by atoms with van der Waals surface area (Å²) < 4.78 is 26.0. The smallest absolute Gasteiger partial charge is 0.293 e. The third kappa shape index (κ3) is 2.47. The van der Waals surface area contributed by atoms with Crippen LogP contribution in [-0.4, -0.2) is 41.9 Å². The number of benzene rings is 1. The number of aliphatic hydroxyl groups is 1. The van der Waals surface area contributed by atoms with Crippen molar-refractivity contribution in [3.63, 3.8) is 0 Å². The second kappa shape index (κ2) is 5.00. The molecule has 9 heteroatoms. The highest BCUT2D eigenvalue weighted by Gasteiger charge is 2.34. The number of nitrogens with zero attached hydrogens (tertiary/aromatic N) is 2. The second-order valence-electron chi connectivity index (χ2n) is 4.74. The van der Waals surface area contributed by atoms with E-state index in [4.69, 9.17) is 5.73 Å². The number of nitrogens with two attached hydrogens (primary N) is 1. The first-order valence-electron chi connectivity index (χ1n) is 5.96. The first-order valence-corrected chi connectivity index (χ1v) is 7.40. The van der Waals surface area contributed by atoms with E-state index in [0.717, 1.165) is 10.4 Å². The van der Waals surface area contributed by atoms with Crippen molar-refractivity contribution in [2.24, 2.45) is 0 Å². The van der Waals surface area contributed by atoms with Gasteiger partial charge in [0.15, 0.2) is 0 Å². The Kier molecular flexibility index (Phi) is 3.67. The minimum atomic E-state index is -3.86. The van der Waals surface area contributed by atoms with Crippen LogP contribution in [-0.2, 0) is 10.0 Å². The summed E-state index contributed by atoms with van der Waals surface area (Å²) >= 11 is 0. The van der Waals surface area contributed by atoms with E-state index < -0.39 is 26.7 Å². The van der Waals surface area contributed by atoms with Crippen LogP contribution in [0.3, 0.4) is 0 Å². The lowest BCUT2D eigenvalue weighted by Gasteiger charge is -2.17. The summed E-state index contributed by atoms with van der Waals surface area (Å²) in [5, 5.41) is 20.3. The van der Waals surface area contributed by atoms with E-state index in [1.54, 1.807) is 0 Å². The van der Waals surface area contributed by atoms with Crippen molar-refractivity contribution in [3.8, 4) is 0 Å². The first-order chi connectivity index (χ1) is 9.23. The molecule has 1 heterocycles. The molecule has 2 rings (SSSR count). The van der Waals surface area contributed by atoms with Gasteiger partial charge in [0.25, 0.3) is 5.69 Å². The highest BCUT2D eigenvalue weighted by molar-refractivity contribution is 7.89. The van der Waals surface area contributed by atoms with E-state index in [-0.39, 0.29) is 23.7 Å². The monoisotopic (exact) mass is 301 g/mol.